The fourth-order valence-corrected chi connectivity index (χ4v) is 2.24. The lowest BCUT2D eigenvalue weighted by Gasteiger charge is -2.21. The summed E-state index contributed by atoms with van der Waals surface area (Å²) in [6, 6.07) is 0. The van der Waals surface area contributed by atoms with Crippen molar-refractivity contribution < 1.29 is 4.79 Å². The van der Waals surface area contributed by atoms with Crippen LogP contribution < -0.4 is 10.6 Å². The zero-order valence-electron chi connectivity index (χ0n) is 9.43. The SMILES string of the molecule is O=C(NCCCC1CC1)C1CCNCC1. The summed E-state index contributed by atoms with van der Waals surface area (Å²) >= 11 is 0. The van der Waals surface area contributed by atoms with Gasteiger partial charge in [-0.05, 0) is 44.7 Å². The van der Waals surface area contributed by atoms with Gasteiger partial charge in [-0.1, -0.05) is 12.8 Å². The zero-order chi connectivity index (χ0) is 10.5. The third-order valence-electron chi connectivity index (χ3n) is 3.50. The number of piperidine rings is 1. The zero-order valence-corrected chi connectivity index (χ0v) is 9.43. The largest absolute Gasteiger partial charge is 0.356 e. The summed E-state index contributed by atoms with van der Waals surface area (Å²) in [5.41, 5.74) is 0. The van der Waals surface area contributed by atoms with Crippen molar-refractivity contribution in [3.63, 3.8) is 0 Å². The van der Waals surface area contributed by atoms with E-state index in [0.717, 1.165) is 38.4 Å². The molecule has 1 aliphatic heterocycles. The van der Waals surface area contributed by atoms with Crippen molar-refractivity contribution in [3.05, 3.63) is 0 Å². The molecule has 0 aromatic rings. The van der Waals surface area contributed by atoms with Gasteiger partial charge in [0.1, 0.15) is 0 Å². The number of rotatable bonds is 5. The van der Waals surface area contributed by atoms with Crippen molar-refractivity contribution in [2.75, 3.05) is 19.6 Å². The van der Waals surface area contributed by atoms with Crippen LogP contribution in [0.3, 0.4) is 0 Å². The first-order valence-electron chi connectivity index (χ1n) is 6.34. The van der Waals surface area contributed by atoms with Gasteiger partial charge in [-0.3, -0.25) is 4.79 Å². The lowest BCUT2D eigenvalue weighted by atomic mass is 9.97. The van der Waals surface area contributed by atoms with Gasteiger partial charge >= 0.3 is 0 Å². The van der Waals surface area contributed by atoms with Gasteiger partial charge in [0.05, 0.1) is 0 Å². The van der Waals surface area contributed by atoms with Gasteiger partial charge < -0.3 is 10.6 Å². The molecule has 2 N–H and O–H groups in total. The highest BCUT2D eigenvalue weighted by atomic mass is 16.1. The van der Waals surface area contributed by atoms with Crippen LogP contribution in [-0.2, 0) is 4.79 Å². The summed E-state index contributed by atoms with van der Waals surface area (Å²) in [5, 5.41) is 6.35. The predicted molar refractivity (Wildman–Crippen MR) is 60.6 cm³/mol. The quantitative estimate of drug-likeness (QED) is 0.671. The summed E-state index contributed by atoms with van der Waals surface area (Å²) in [4.78, 5) is 11.7. The lowest BCUT2D eigenvalue weighted by molar-refractivity contribution is -0.125. The van der Waals surface area contributed by atoms with Crippen LogP contribution in [0.1, 0.15) is 38.5 Å². The molecule has 0 unspecified atom stereocenters. The molecule has 86 valence electrons. The van der Waals surface area contributed by atoms with Gasteiger partial charge in [-0.15, -0.1) is 0 Å². The summed E-state index contributed by atoms with van der Waals surface area (Å²) in [5.74, 6) is 1.54. The number of nitrogens with one attached hydrogen (secondary N) is 2. The summed E-state index contributed by atoms with van der Waals surface area (Å²) < 4.78 is 0. The average Bonchev–Trinajstić information content (AvgIpc) is 3.09. The van der Waals surface area contributed by atoms with Gasteiger partial charge in [0.15, 0.2) is 0 Å². The Bertz CT molecular complexity index is 208. The Hall–Kier alpha value is -0.570. The molecule has 2 fully saturated rings. The second-order valence-corrected chi connectivity index (χ2v) is 4.90. The van der Waals surface area contributed by atoms with Crippen LogP contribution in [-0.4, -0.2) is 25.5 Å². The Morgan fingerprint density at radius 2 is 1.93 bits per heavy atom. The Morgan fingerprint density at radius 3 is 2.60 bits per heavy atom. The maximum Gasteiger partial charge on any atom is 0.223 e. The Labute approximate surface area is 92.0 Å². The van der Waals surface area contributed by atoms with Crippen LogP contribution in [0.25, 0.3) is 0 Å². The van der Waals surface area contributed by atoms with Gasteiger partial charge in [-0.25, -0.2) is 0 Å². The van der Waals surface area contributed by atoms with E-state index >= 15 is 0 Å². The molecule has 1 heterocycles. The van der Waals surface area contributed by atoms with Crippen molar-refractivity contribution >= 4 is 5.91 Å². The van der Waals surface area contributed by atoms with Crippen molar-refractivity contribution in [1.29, 1.82) is 0 Å². The molecule has 0 atom stereocenters. The number of carbonyl (C=O) groups excluding carboxylic acids is 1. The molecule has 1 amide bonds. The van der Waals surface area contributed by atoms with Crippen LogP contribution in [0.2, 0.25) is 0 Å². The van der Waals surface area contributed by atoms with E-state index in [0.29, 0.717) is 0 Å². The molecule has 1 aliphatic carbocycles. The van der Waals surface area contributed by atoms with Crippen LogP contribution in [0.4, 0.5) is 0 Å². The van der Waals surface area contributed by atoms with E-state index in [2.05, 4.69) is 10.6 Å². The molecule has 0 bridgehead atoms. The second-order valence-electron chi connectivity index (χ2n) is 4.90. The van der Waals surface area contributed by atoms with Crippen LogP contribution >= 0.6 is 0 Å². The average molecular weight is 210 g/mol. The minimum atomic E-state index is 0.271. The molecule has 1 saturated heterocycles. The number of amides is 1. The first-order valence-corrected chi connectivity index (χ1v) is 6.34. The monoisotopic (exact) mass is 210 g/mol. The van der Waals surface area contributed by atoms with Gasteiger partial charge in [-0.2, -0.15) is 0 Å². The molecular weight excluding hydrogens is 188 g/mol. The maximum atomic E-state index is 11.7. The molecule has 0 aromatic carbocycles. The molecule has 0 aromatic heterocycles. The fraction of sp³-hybridized carbons (Fsp3) is 0.917. The third kappa shape index (κ3) is 3.82. The van der Waals surface area contributed by atoms with E-state index in [4.69, 9.17) is 0 Å². The van der Waals surface area contributed by atoms with Gasteiger partial charge in [0.25, 0.3) is 0 Å². The Balaban J connectivity index is 1.54. The third-order valence-corrected chi connectivity index (χ3v) is 3.50. The first-order chi connectivity index (χ1) is 7.36. The topological polar surface area (TPSA) is 41.1 Å². The van der Waals surface area contributed by atoms with Gasteiger partial charge in [0, 0.05) is 12.5 Å². The number of hydrogen-bond donors (Lipinski definition) is 2. The second kappa shape index (κ2) is 5.50. The molecule has 0 radical (unpaired) electrons. The highest BCUT2D eigenvalue weighted by Crippen LogP contribution is 2.33. The summed E-state index contributed by atoms with van der Waals surface area (Å²) in [6.45, 7) is 2.89. The smallest absolute Gasteiger partial charge is 0.223 e. The maximum absolute atomic E-state index is 11.7. The highest BCUT2D eigenvalue weighted by Gasteiger charge is 2.22. The Kier molecular flexibility index (Phi) is 4.01. The van der Waals surface area contributed by atoms with Crippen LogP contribution in [0.15, 0.2) is 0 Å². The molecule has 3 nitrogen and oxygen atoms in total. The van der Waals surface area contributed by atoms with E-state index in [1.165, 1.54) is 25.7 Å². The van der Waals surface area contributed by atoms with E-state index in [9.17, 15) is 4.79 Å². The number of hydrogen-bond acceptors (Lipinski definition) is 2. The van der Waals surface area contributed by atoms with Crippen molar-refractivity contribution in [3.8, 4) is 0 Å². The molecule has 2 aliphatic rings. The molecule has 1 saturated carbocycles. The Morgan fingerprint density at radius 1 is 1.20 bits per heavy atom. The standard InChI is InChI=1S/C12H22N2O/c15-12(11-5-8-13-9-6-11)14-7-1-2-10-3-4-10/h10-11,13H,1-9H2,(H,14,15). The van der Waals surface area contributed by atoms with Crippen molar-refractivity contribution in [2.45, 2.75) is 38.5 Å². The van der Waals surface area contributed by atoms with E-state index < -0.39 is 0 Å². The predicted octanol–water partition coefficient (Wildman–Crippen LogP) is 1.29. The molecule has 2 rings (SSSR count). The summed E-state index contributed by atoms with van der Waals surface area (Å²) in [7, 11) is 0. The molecular formula is C12H22N2O. The lowest BCUT2D eigenvalue weighted by Crippen LogP contribution is -2.38. The molecule has 15 heavy (non-hydrogen) atoms. The van der Waals surface area contributed by atoms with Gasteiger partial charge in [0.2, 0.25) is 5.91 Å². The normalized spacial score (nSPS) is 22.7. The van der Waals surface area contributed by atoms with E-state index in [1.54, 1.807) is 0 Å². The molecule has 0 spiro atoms. The summed E-state index contributed by atoms with van der Waals surface area (Å²) in [6.07, 6.45) is 7.33. The van der Waals surface area contributed by atoms with Crippen LogP contribution in [0.5, 0.6) is 0 Å². The first kappa shape index (κ1) is 10.9. The number of carbonyl (C=O) groups is 1. The fourth-order valence-electron chi connectivity index (χ4n) is 2.24. The van der Waals surface area contributed by atoms with E-state index in [-0.39, 0.29) is 11.8 Å². The van der Waals surface area contributed by atoms with Crippen LogP contribution in [0, 0.1) is 11.8 Å². The molecule has 3 heteroatoms. The minimum Gasteiger partial charge on any atom is -0.356 e. The van der Waals surface area contributed by atoms with Crippen molar-refractivity contribution in [1.82, 2.24) is 10.6 Å². The van der Waals surface area contributed by atoms with Crippen molar-refractivity contribution in [2.24, 2.45) is 11.8 Å². The highest BCUT2D eigenvalue weighted by molar-refractivity contribution is 5.78. The minimum absolute atomic E-state index is 0.271. The van der Waals surface area contributed by atoms with E-state index in [1.807, 2.05) is 0 Å².